The van der Waals surface area contributed by atoms with Gasteiger partial charge in [-0.05, 0) is 66.2 Å². The highest BCUT2D eigenvalue weighted by Crippen LogP contribution is 2.45. The van der Waals surface area contributed by atoms with Crippen molar-refractivity contribution >= 4 is 27.5 Å². The number of fused-ring (bicyclic) bond motifs is 1. The molecular weight excluding hydrogens is 458 g/mol. The van der Waals surface area contributed by atoms with Crippen molar-refractivity contribution in [2.24, 2.45) is 0 Å². The Morgan fingerprint density at radius 1 is 1.00 bits per heavy atom. The van der Waals surface area contributed by atoms with Crippen LogP contribution in [0.15, 0.2) is 77.3 Å². The third-order valence-corrected chi connectivity index (χ3v) is 5.97. The Morgan fingerprint density at radius 3 is 2.32 bits per heavy atom. The van der Waals surface area contributed by atoms with Crippen molar-refractivity contribution in [3.05, 3.63) is 94.1 Å². The summed E-state index contributed by atoms with van der Waals surface area (Å²) in [6.45, 7) is 0. The Labute approximate surface area is 187 Å². The van der Waals surface area contributed by atoms with Crippen molar-refractivity contribution in [1.29, 1.82) is 0 Å². The third-order valence-electron chi connectivity index (χ3n) is 5.45. The number of anilines is 1. The molecule has 0 fully saturated rings. The minimum atomic E-state index is -0.389. The first-order valence-electron chi connectivity index (χ1n) is 9.67. The molecule has 154 valence electrons. The van der Waals surface area contributed by atoms with E-state index in [-0.39, 0.29) is 17.7 Å². The average Bonchev–Trinajstić information content (AvgIpc) is 3.34. The van der Waals surface area contributed by atoms with Crippen LogP contribution in [0.3, 0.4) is 0 Å². The molecule has 4 aromatic rings. The zero-order valence-electron chi connectivity index (χ0n) is 16.5. The number of aromatic nitrogens is 2. The van der Waals surface area contributed by atoms with Gasteiger partial charge < -0.3 is 9.84 Å². The number of hydrogen-bond acceptors (Lipinski definition) is 4. The Balaban J connectivity index is 1.69. The zero-order valence-corrected chi connectivity index (χ0v) is 18.1. The maximum atomic E-state index is 13.5. The lowest BCUT2D eigenvalue weighted by molar-refractivity contribution is 0.0989. The summed E-state index contributed by atoms with van der Waals surface area (Å²) in [6.07, 6.45) is 0. The quantitative estimate of drug-likeness (QED) is 0.419. The monoisotopic (exact) mass is 475 g/mol. The summed E-state index contributed by atoms with van der Waals surface area (Å²) in [5.74, 6) is 0.771. The lowest BCUT2D eigenvalue weighted by atomic mass is 9.95. The van der Waals surface area contributed by atoms with Crippen LogP contribution in [-0.2, 0) is 0 Å². The smallest absolute Gasteiger partial charge is 0.277 e. The predicted octanol–water partition coefficient (Wildman–Crippen LogP) is 5.30. The van der Waals surface area contributed by atoms with Gasteiger partial charge in [0.2, 0.25) is 0 Å². The Kier molecular flexibility index (Phi) is 4.75. The number of aromatic amines is 1. The number of H-pyrrole nitrogens is 1. The number of phenolic OH excluding ortho intramolecular Hbond substituents is 1. The highest BCUT2D eigenvalue weighted by Gasteiger charge is 2.43. The maximum absolute atomic E-state index is 13.5. The largest absolute Gasteiger partial charge is 0.508 e. The first kappa shape index (κ1) is 19.4. The summed E-state index contributed by atoms with van der Waals surface area (Å²) in [5.41, 5.74) is 4.52. The lowest BCUT2D eigenvalue weighted by Gasteiger charge is -2.26. The van der Waals surface area contributed by atoms with E-state index in [1.165, 1.54) is 0 Å². The van der Waals surface area contributed by atoms with Gasteiger partial charge in [-0.2, -0.15) is 5.10 Å². The minimum Gasteiger partial charge on any atom is -0.508 e. The van der Waals surface area contributed by atoms with Gasteiger partial charge in [0.25, 0.3) is 5.91 Å². The van der Waals surface area contributed by atoms with Gasteiger partial charge in [0.15, 0.2) is 0 Å². The number of rotatable bonds is 4. The van der Waals surface area contributed by atoms with Crippen LogP contribution in [-0.4, -0.2) is 28.3 Å². The van der Waals surface area contributed by atoms with Gasteiger partial charge in [-0.15, -0.1) is 0 Å². The second kappa shape index (κ2) is 7.59. The van der Waals surface area contributed by atoms with E-state index in [9.17, 15) is 9.90 Å². The summed E-state index contributed by atoms with van der Waals surface area (Å²) < 4.78 is 6.20. The van der Waals surface area contributed by atoms with Crippen LogP contribution in [0.1, 0.15) is 27.7 Å². The van der Waals surface area contributed by atoms with Gasteiger partial charge in [0, 0.05) is 21.3 Å². The van der Waals surface area contributed by atoms with E-state index in [1.54, 1.807) is 24.1 Å². The van der Waals surface area contributed by atoms with Crippen LogP contribution >= 0.6 is 15.9 Å². The number of benzene rings is 3. The molecule has 2 heterocycles. The van der Waals surface area contributed by atoms with E-state index in [2.05, 4.69) is 26.1 Å². The minimum absolute atomic E-state index is 0.150. The fraction of sp³-hybridized carbons (Fsp3) is 0.0833. The number of halogens is 1. The highest BCUT2D eigenvalue weighted by molar-refractivity contribution is 9.10. The number of hydrogen-bond donors (Lipinski definition) is 2. The third kappa shape index (κ3) is 3.27. The van der Waals surface area contributed by atoms with Crippen LogP contribution < -0.4 is 9.64 Å². The first-order chi connectivity index (χ1) is 15.1. The van der Waals surface area contributed by atoms with Gasteiger partial charge in [-0.25, -0.2) is 0 Å². The lowest BCUT2D eigenvalue weighted by Crippen LogP contribution is -2.29. The van der Waals surface area contributed by atoms with Crippen molar-refractivity contribution in [2.45, 2.75) is 6.04 Å². The summed E-state index contributed by atoms with van der Waals surface area (Å²) in [7, 11) is 1.62. The van der Waals surface area contributed by atoms with Crippen LogP contribution in [0.2, 0.25) is 0 Å². The molecule has 0 saturated carbocycles. The molecule has 5 rings (SSSR count). The zero-order chi connectivity index (χ0) is 21.5. The molecule has 31 heavy (non-hydrogen) atoms. The van der Waals surface area contributed by atoms with Gasteiger partial charge >= 0.3 is 0 Å². The summed E-state index contributed by atoms with van der Waals surface area (Å²) >= 11 is 3.45. The van der Waals surface area contributed by atoms with E-state index in [1.807, 2.05) is 60.7 Å². The molecule has 1 aliphatic rings. The molecule has 0 unspecified atom stereocenters. The summed E-state index contributed by atoms with van der Waals surface area (Å²) in [4.78, 5) is 15.2. The number of ether oxygens (including phenoxy) is 1. The maximum Gasteiger partial charge on any atom is 0.277 e. The number of methoxy groups -OCH3 is 1. The van der Waals surface area contributed by atoms with Crippen molar-refractivity contribution in [1.82, 2.24) is 10.2 Å². The molecule has 7 heteroatoms. The number of aromatic hydroxyl groups is 1. The number of carbonyl (C=O) groups excluding carboxylic acids is 1. The highest BCUT2D eigenvalue weighted by atomic mass is 79.9. The van der Waals surface area contributed by atoms with Crippen LogP contribution in [0, 0.1) is 0 Å². The topological polar surface area (TPSA) is 78.5 Å². The Bertz CT molecular complexity index is 1250. The number of carbonyl (C=O) groups is 1. The number of nitrogens with zero attached hydrogens (tertiary/aromatic N) is 2. The second-order valence-electron chi connectivity index (χ2n) is 7.24. The number of phenols is 1. The van der Waals surface area contributed by atoms with E-state index in [4.69, 9.17) is 4.74 Å². The van der Waals surface area contributed by atoms with E-state index < -0.39 is 0 Å². The van der Waals surface area contributed by atoms with Crippen molar-refractivity contribution < 1.29 is 14.6 Å². The van der Waals surface area contributed by atoms with Crippen molar-refractivity contribution in [2.75, 3.05) is 12.0 Å². The Morgan fingerprint density at radius 2 is 1.68 bits per heavy atom. The predicted molar refractivity (Wildman–Crippen MR) is 121 cm³/mol. The van der Waals surface area contributed by atoms with E-state index in [0.717, 1.165) is 32.6 Å². The molecule has 2 N–H and O–H groups in total. The molecule has 1 atom stereocenters. The Hall–Kier alpha value is -3.58. The number of amides is 1. The summed E-state index contributed by atoms with van der Waals surface area (Å²) in [6, 6.07) is 21.8. The normalized spacial score (nSPS) is 15.2. The van der Waals surface area contributed by atoms with Gasteiger partial charge in [-0.1, -0.05) is 28.1 Å². The van der Waals surface area contributed by atoms with E-state index >= 15 is 0 Å². The molecule has 3 aromatic carbocycles. The van der Waals surface area contributed by atoms with Gasteiger partial charge in [0.1, 0.15) is 17.2 Å². The standard InChI is InChI=1S/C24H18BrN3O3/c1-31-19-12-4-14(5-13-19)21-20-22(27-26-21)24(30)28(17-8-6-16(25)7-9-17)23(20)15-2-10-18(29)11-3-15/h2-13,23,29H,1H3,(H,26,27)/t23-/m0/s1. The molecule has 0 bridgehead atoms. The SMILES string of the molecule is COc1ccc(-c2n[nH]c3c2[C@H](c2ccc(O)cc2)N(c2ccc(Br)cc2)C3=O)cc1. The fourth-order valence-electron chi connectivity index (χ4n) is 3.96. The molecule has 1 amide bonds. The summed E-state index contributed by atoms with van der Waals surface area (Å²) in [5, 5.41) is 17.2. The molecule has 6 nitrogen and oxygen atoms in total. The van der Waals surface area contributed by atoms with Crippen LogP contribution in [0.4, 0.5) is 5.69 Å². The molecule has 0 radical (unpaired) electrons. The number of nitrogens with one attached hydrogen (secondary N) is 1. The molecule has 1 aliphatic heterocycles. The molecular formula is C24H18BrN3O3. The van der Waals surface area contributed by atoms with Crippen LogP contribution in [0.25, 0.3) is 11.3 Å². The fourth-order valence-corrected chi connectivity index (χ4v) is 4.22. The van der Waals surface area contributed by atoms with Gasteiger partial charge in [0.05, 0.1) is 18.8 Å². The average molecular weight is 476 g/mol. The molecule has 0 aliphatic carbocycles. The van der Waals surface area contributed by atoms with Gasteiger partial charge in [-0.3, -0.25) is 14.8 Å². The molecule has 0 spiro atoms. The molecule has 1 aromatic heterocycles. The van der Waals surface area contributed by atoms with Crippen LogP contribution in [0.5, 0.6) is 11.5 Å². The van der Waals surface area contributed by atoms with E-state index in [0.29, 0.717) is 11.4 Å². The van der Waals surface area contributed by atoms with Crippen molar-refractivity contribution in [3.63, 3.8) is 0 Å². The molecule has 0 saturated heterocycles. The van der Waals surface area contributed by atoms with Crippen molar-refractivity contribution in [3.8, 4) is 22.8 Å². The second-order valence-corrected chi connectivity index (χ2v) is 8.15. The first-order valence-corrected chi connectivity index (χ1v) is 10.5.